The number of nitrogens with two attached hydrogens (primary N) is 1. The average molecular weight is 265 g/mol. The van der Waals surface area contributed by atoms with Crippen molar-refractivity contribution < 1.29 is 4.92 Å². The van der Waals surface area contributed by atoms with Gasteiger partial charge in [0.1, 0.15) is 6.33 Å². The predicted molar refractivity (Wildman–Crippen MR) is 72.8 cm³/mol. The molecule has 19 heavy (non-hydrogen) atoms. The van der Waals surface area contributed by atoms with Crippen molar-refractivity contribution in [2.45, 2.75) is 38.5 Å². The highest BCUT2D eigenvalue weighted by Gasteiger charge is 2.21. The molecule has 104 valence electrons. The number of nitrogens with zero attached hydrogens (tertiary/aromatic N) is 3. The molecule has 7 heteroatoms. The van der Waals surface area contributed by atoms with Gasteiger partial charge in [0, 0.05) is 6.54 Å². The molecule has 0 aromatic carbocycles. The minimum absolute atomic E-state index is 0.0971. The Morgan fingerprint density at radius 3 is 2.79 bits per heavy atom. The summed E-state index contributed by atoms with van der Waals surface area (Å²) in [5.41, 5.74) is 5.27. The fourth-order valence-corrected chi connectivity index (χ4v) is 2.57. The van der Waals surface area contributed by atoms with Crippen LogP contribution in [0.15, 0.2) is 6.33 Å². The number of hydrogen-bond acceptors (Lipinski definition) is 6. The molecule has 0 amide bonds. The zero-order chi connectivity index (χ0) is 13.7. The molecule has 1 aromatic heterocycles. The molecule has 0 aliphatic heterocycles. The van der Waals surface area contributed by atoms with Gasteiger partial charge in [-0.2, -0.15) is 0 Å². The molecule has 1 heterocycles. The highest BCUT2D eigenvalue weighted by atomic mass is 16.6. The van der Waals surface area contributed by atoms with Crippen molar-refractivity contribution >= 4 is 17.3 Å². The number of nitrogen functional groups attached to an aromatic ring is 1. The van der Waals surface area contributed by atoms with Crippen LogP contribution in [-0.2, 0) is 0 Å². The minimum Gasteiger partial charge on any atom is -0.378 e. The molecule has 7 nitrogen and oxygen atoms in total. The lowest BCUT2D eigenvalue weighted by Crippen LogP contribution is -2.14. The summed E-state index contributed by atoms with van der Waals surface area (Å²) in [6.45, 7) is 0.682. The van der Waals surface area contributed by atoms with Crippen LogP contribution >= 0.6 is 0 Å². The molecular formula is C12H19N5O2. The number of nitrogens with one attached hydrogen (secondary N) is 1. The molecule has 0 spiro atoms. The van der Waals surface area contributed by atoms with E-state index in [9.17, 15) is 10.1 Å². The van der Waals surface area contributed by atoms with E-state index in [1.807, 2.05) is 0 Å². The first kappa shape index (κ1) is 13.5. The fraction of sp³-hybridized carbons (Fsp3) is 0.667. The van der Waals surface area contributed by atoms with Crippen LogP contribution in [0.2, 0.25) is 0 Å². The molecule has 3 N–H and O–H groups in total. The lowest BCUT2D eigenvalue weighted by Gasteiger charge is -2.21. The van der Waals surface area contributed by atoms with Crippen molar-refractivity contribution in [2.75, 3.05) is 17.6 Å². The third kappa shape index (κ3) is 3.52. The second-order valence-corrected chi connectivity index (χ2v) is 4.93. The van der Waals surface area contributed by atoms with Crippen molar-refractivity contribution in [3.63, 3.8) is 0 Å². The van der Waals surface area contributed by atoms with Crippen LogP contribution in [0.25, 0.3) is 0 Å². The van der Waals surface area contributed by atoms with Gasteiger partial charge >= 0.3 is 5.69 Å². The van der Waals surface area contributed by atoms with Gasteiger partial charge in [0.2, 0.25) is 11.6 Å². The standard InChI is InChI=1S/C12H19N5O2/c13-11-10(17(18)19)12(16-8-15-11)14-7-6-9-4-2-1-3-5-9/h8-9H,1-7H2,(H3,13,14,15,16). The van der Waals surface area contributed by atoms with Gasteiger partial charge in [-0.3, -0.25) is 10.1 Å². The Balaban J connectivity index is 1.92. The van der Waals surface area contributed by atoms with Gasteiger partial charge in [0.15, 0.2) is 0 Å². The molecule has 1 aliphatic rings. The van der Waals surface area contributed by atoms with E-state index in [2.05, 4.69) is 15.3 Å². The van der Waals surface area contributed by atoms with E-state index in [1.165, 1.54) is 38.4 Å². The SMILES string of the molecule is Nc1ncnc(NCCC2CCCCC2)c1[N+](=O)[O-]. The van der Waals surface area contributed by atoms with Crippen molar-refractivity contribution in [2.24, 2.45) is 5.92 Å². The largest absolute Gasteiger partial charge is 0.378 e. The van der Waals surface area contributed by atoms with Gasteiger partial charge in [0.05, 0.1) is 4.92 Å². The first-order valence-electron chi connectivity index (χ1n) is 6.67. The van der Waals surface area contributed by atoms with E-state index in [0.717, 1.165) is 12.3 Å². The third-order valence-electron chi connectivity index (χ3n) is 3.60. The zero-order valence-corrected chi connectivity index (χ0v) is 10.8. The van der Waals surface area contributed by atoms with Gasteiger partial charge < -0.3 is 11.1 Å². The number of rotatable bonds is 5. The molecule has 0 bridgehead atoms. The summed E-state index contributed by atoms with van der Waals surface area (Å²) in [6, 6.07) is 0. The third-order valence-corrected chi connectivity index (χ3v) is 3.60. The van der Waals surface area contributed by atoms with E-state index in [4.69, 9.17) is 5.73 Å². The Morgan fingerprint density at radius 2 is 2.11 bits per heavy atom. The molecule has 0 atom stereocenters. The van der Waals surface area contributed by atoms with E-state index in [-0.39, 0.29) is 17.3 Å². The quantitative estimate of drug-likeness (QED) is 0.625. The molecule has 1 aromatic rings. The van der Waals surface area contributed by atoms with E-state index in [0.29, 0.717) is 6.54 Å². The Kier molecular flexibility index (Phi) is 4.48. The van der Waals surface area contributed by atoms with Crippen molar-refractivity contribution in [3.05, 3.63) is 16.4 Å². The lowest BCUT2D eigenvalue weighted by molar-refractivity contribution is -0.383. The summed E-state index contributed by atoms with van der Waals surface area (Å²) in [5, 5.41) is 13.9. The normalized spacial score (nSPS) is 16.2. The highest BCUT2D eigenvalue weighted by Crippen LogP contribution is 2.28. The molecule has 0 unspecified atom stereocenters. The number of hydrogen-bond donors (Lipinski definition) is 2. The number of anilines is 2. The summed E-state index contributed by atoms with van der Waals surface area (Å²) in [4.78, 5) is 17.9. The highest BCUT2D eigenvalue weighted by molar-refractivity contribution is 5.67. The minimum atomic E-state index is -0.543. The second kappa shape index (κ2) is 6.31. The summed E-state index contributed by atoms with van der Waals surface area (Å²) < 4.78 is 0. The van der Waals surface area contributed by atoms with Gasteiger partial charge in [-0.05, 0) is 12.3 Å². The molecule has 1 saturated carbocycles. The zero-order valence-electron chi connectivity index (χ0n) is 10.8. The first-order valence-corrected chi connectivity index (χ1v) is 6.67. The van der Waals surface area contributed by atoms with Gasteiger partial charge in [-0.25, -0.2) is 9.97 Å². The van der Waals surface area contributed by atoms with E-state index >= 15 is 0 Å². The molecule has 0 radical (unpaired) electrons. The molecule has 0 saturated heterocycles. The van der Waals surface area contributed by atoms with Crippen LogP contribution in [0.4, 0.5) is 17.3 Å². The maximum Gasteiger partial charge on any atom is 0.352 e. The summed E-state index contributed by atoms with van der Waals surface area (Å²) in [6.07, 6.45) is 8.70. The summed E-state index contributed by atoms with van der Waals surface area (Å²) in [5.74, 6) is 0.841. The van der Waals surface area contributed by atoms with Crippen LogP contribution in [-0.4, -0.2) is 21.4 Å². The number of aromatic nitrogens is 2. The average Bonchev–Trinajstić information content (AvgIpc) is 2.39. The smallest absolute Gasteiger partial charge is 0.352 e. The maximum absolute atomic E-state index is 10.9. The monoisotopic (exact) mass is 265 g/mol. The second-order valence-electron chi connectivity index (χ2n) is 4.93. The Hall–Kier alpha value is -1.92. The first-order chi connectivity index (χ1) is 9.18. The molecule has 2 rings (SSSR count). The van der Waals surface area contributed by atoms with Crippen molar-refractivity contribution in [3.8, 4) is 0 Å². The Bertz CT molecular complexity index is 446. The van der Waals surface area contributed by atoms with Gasteiger partial charge in [-0.1, -0.05) is 32.1 Å². The molecule has 1 aliphatic carbocycles. The Labute approximate surface area is 111 Å². The van der Waals surface area contributed by atoms with Crippen LogP contribution in [0.1, 0.15) is 38.5 Å². The predicted octanol–water partition coefficient (Wildman–Crippen LogP) is 2.35. The summed E-state index contributed by atoms with van der Waals surface area (Å²) >= 11 is 0. The van der Waals surface area contributed by atoms with Crippen LogP contribution in [0.5, 0.6) is 0 Å². The Morgan fingerprint density at radius 1 is 1.37 bits per heavy atom. The van der Waals surface area contributed by atoms with Crippen LogP contribution in [0, 0.1) is 16.0 Å². The maximum atomic E-state index is 10.9. The van der Waals surface area contributed by atoms with Crippen LogP contribution in [0.3, 0.4) is 0 Å². The fourth-order valence-electron chi connectivity index (χ4n) is 2.57. The molecular weight excluding hydrogens is 246 g/mol. The van der Waals surface area contributed by atoms with Gasteiger partial charge in [0.25, 0.3) is 0 Å². The lowest BCUT2D eigenvalue weighted by atomic mass is 9.87. The summed E-state index contributed by atoms with van der Waals surface area (Å²) in [7, 11) is 0. The van der Waals surface area contributed by atoms with Crippen molar-refractivity contribution in [1.82, 2.24) is 9.97 Å². The van der Waals surface area contributed by atoms with Gasteiger partial charge in [-0.15, -0.1) is 0 Å². The van der Waals surface area contributed by atoms with E-state index < -0.39 is 4.92 Å². The van der Waals surface area contributed by atoms with E-state index in [1.54, 1.807) is 0 Å². The number of nitro groups is 1. The topological polar surface area (TPSA) is 107 Å². The van der Waals surface area contributed by atoms with Crippen molar-refractivity contribution in [1.29, 1.82) is 0 Å². The molecule has 1 fully saturated rings. The van der Waals surface area contributed by atoms with Crippen LogP contribution < -0.4 is 11.1 Å².